The minimum absolute atomic E-state index is 0.0924. The number of hydrogen-bond acceptors (Lipinski definition) is 7. The first kappa shape index (κ1) is 22.8. The van der Waals surface area contributed by atoms with Crippen molar-refractivity contribution in [1.82, 2.24) is 9.80 Å². The van der Waals surface area contributed by atoms with Crippen molar-refractivity contribution in [3.63, 3.8) is 0 Å². The van der Waals surface area contributed by atoms with E-state index in [1.165, 1.54) is 4.90 Å². The molecule has 3 atom stereocenters. The second-order valence-electron chi connectivity index (χ2n) is 7.90. The molecule has 1 saturated heterocycles. The number of ether oxygens (including phenoxy) is 2. The zero-order chi connectivity index (χ0) is 22.5. The van der Waals surface area contributed by atoms with Gasteiger partial charge in [-0.3, -0.25) is 9.59 Å². The third-order valence-corrected chi connectivity index (χ3v) is 6.12. The van der Waals surface area contributed by atoms with E-state index in [2.05, 4.69) is 6.07 Å². The first-order chi connectivity index (χ1) is 14.9. The van der Waals surface area contributed by atoms with E-state index in [4.69, 9.17) is 15.2 Å². The van der Waals surface area contributed by atoms with Crippen LogP contribution in [0.3, 0.4) is 0 Å². The molecule has 3 N–H and O–H groups in total. The van der Waals surface area contributed by atoms with E-state index in [0.29, 0.717) is 43.9 Å². The van der Waals surface area contributed by atoms with Gasteiger partial charge in [0, 0.05) is 19.7 Å². The molecule has 9 heteroatoms. The van der Waals surface area contributed by atoms with Crippen LogP contribution in [0.25, 0.3) is 0 Å². The van der Waals surface area contributed by atoms with Crippen LogP contribution in [0.5, 0.6) is 11.5 Å². The van der Waals surface area contributed by atoms with Crippen LogP contribution >= 0.6 is 0 Å². The minimum atomic E-state index is -0.997. The van der Waals surface area contributed by atoms with Gasteiger partial charge in [-0.2, -0.15) is 5.26 Å². The second-order valence-corrected chi connectivity index (χ2v) is 7.90. The van der Waals surface area contributed by atoms with Crippen LogP contribution in [-0.2, 0) is 16.0 Å². The van der Waals surface area contributed by atoms with Gasteiger partial charge in [-0.15, -0.1) is 0 Å². The highest BCUT2D eigenvalue weighted by Gasteiger charge is 2.36. The molecule has 1 aromatic carbocycles. The molecule has 31 heavy (non-hydrogen) atoms. The van der Waals surface area contributed by atoms with Gasteiger partial charge in [0.25, 0.3) is 0 Å². The maximum Gasteiger partial charge on any atom is 0.241 e. The molecule has 1 unspecified atom stereocenters. The number of carbonyl (C=O) groups is 2. The van der Waals surface area contributed by atoms with Crippen LogP contribution in [0.2, 0.25) is 0 Å². The van der Waals surface area contributed by atoms with Crippen molar-refractivity contribution in [1.29, 1.82) is 5.26 Å². The van der Waals surface area contributed by atoms with Crippen molar-refractivity contribution in [2.75, 3.05) is 33.9 Å². The number of methoxy groups -OCH3 is 2. The van der Waals surface area contributed by atoms with Crippen LogP contribution in [0.15, 0.2) is 12.1 Å². The van der Waals surface area contributed by atoms with E-state index in [1.54, 1.807) is 19.1 Å². The van der Waals surface area contributed by atoms with E-state index >= 15 is 0 Å². The Morgan fingerprint density at radius 3 is 2.61 bits per heavy atom. The van der Waals surface area contributed by atoms with Gasteiger partial charge in [0.2, 0.25) is 11.8 Å². The highest BCUT2D eigenvalue weighted by molar-refractivity contribution is 5.89. The number of aliphatic hydroxyl groups excluding tert-OH is 1. The average molecular weight is 431 g/mol. The average Bonchev–Trinajstić information content (AvgIpc) is 3.26. The van der Waals surface area contributed by atoms with Gasteiger partial charge in [-0.25, -0.2) is 0 Å². The van der Waals surface area contributed by atoms with Crippen molar-refractivity contribution < 1.29 is 24.2 Å². The standard InChI is InChI=1S/C22H30N4O5/c1-30-19-10-14-5-8-26(18(6-9-27)16(14)11-20(19)31-2)21(28)12-17(24)22(29)25-7-3-4-15(25)13-23/h10-11,15,17-18,27H,3-9,12,24H2,1-2H3/t15-,17-,18?/m0/s1. The van der Waals surface area contributed by atoms with Crippen LogP contribution in [0.1, 0.15) is 42.9 Å². The summed E-state index contributed by atoms with van der Waals surface area (Å²) in [6, 6.07) is 4.07. The Bertz CT molecular complexity index is 868. The van der Waals surface area contributed by atoms with Crippen molar-refractivity contribution in [2.24, 2.45) is 5.73 Å². The number of hydrogen-bond donors (Lipinski definition) is 2. The Hall–Kier alpha value is -2.83. The van der Waals surface area contributed by atoms with E-state index in [0.717, 1.165) is 17.5 Å². The quantitative estimate of drug-likeness (QED) is 0.653. The zero-order valence-electron chi connectivity index (χ0n) is 18.0. The van der Waals surface area contributed by atoms with Crippen LogP contribution in [0.4, 0.5) is 0 Å². The van der Waals surface area contributed by atoms with Crippen LogP contribution < -0.4 is 15.2 Å². The fourth-order valence-corrected chi connectivity index (χ4v) is 4.53. The lowest BCUT2D eigenvalue weighted by molar-refractivity contribution is -0.140. The molecule has 2 heterocycles. The third kappa shape index (κ3) is 4.60. The topological polar surface area (TPSA) is 129 Å². The summed E-state index contributed by atoms with van der Waals surface area (Å²) in [7, 11) is 3.12. The molecular formula is C22H30N4O5. The molecule has 3 rings (SSSR count). The predicted molar refractivity (Wildman–Crippen MR) is 112 cm³/mol. The second kappa shape index (κ2) is 9.98. The summed E-state index contributed by atoms with van der Waals surface area (Å²) in [4.78, 5) is 29.0. The summed E-state index contributed by atoms with van der Waals surface area (Å²) < 4.78 is 10.8. The zero-order valence-corrected chi connectivity index (χ0v) is 18.0. The van der Waals surface area contributed by atoms with Gasteiger partial charge in [0.1, 0.15) is 6.04 Å². The molecule has 0 aliphatic carbocycles. The molecule has 0 saturated carbocycles. The first-order valence-corrected chi connectivity index (χ1v) is 10.6. The minimum Gasteiger partial charge on any atom is -0.493 e. The van der Waals surface area contributed by atoms with Crippen molar-refractivity contribution in [2.45, 2.75) is 50.2 Å². The third-order valence-electron chi connectivity index (χ3n) is 6.12. The van der Waals surface area contributed by atoms with Crippen molar-refractivity contribution in [3.05, 3.63) is 23.3 Å². The maximum absolute atomic E-state index is 13.1. The number of amides is 2. The molecule has 0 bridgehead atoms. The summed E-state index contributed by atoms with van der Waals surface area (Å²) in [6.07, 6.45) is 2.24. The van der Waals surface area contributed by atoms with E-state index < -0.39 is 12.1 Å². The van der Waals surface area contributed by atoms with Crippen LogP contribution in [-0.4, -0.2) is 72.7 Å². The Morgan fingerprint density at radius 1 is 1.26 bits per heavy atom. The molecule has 0 aromatic heterocycles. The van der Waals surface area contributed by atoms with Crippen LogP contribution in [0, 0.1) is 11.3 Å². The number of nitrogens with two attached hydrogens (primary N) is 1. The van der Waals surface area contributed by atoms with Gasteiger partial charge in [-0.05, 0) is 48.9 Å². The molecule has 2 aliphatic heterocycles. The number of benzene rings is 1. The molecule has 2 amide bonds. The Kier molecular flexibility index (Phi) is 7.36. The van der Waals surface area contributed by atoms with Crippen molar-refractivity contribution in [3.8, 4) is 17.6 Å². The SMILES string of the molecule is COc1cc2c(cc1OC)C(CCO)N(C(=O)C[C@H](N)C(=O)N1CCC[C@H]1C#N)CC2. The summed E-state index contributed by atoms with van der Waals surface area (Å²) in [5.41, 5.74) is 8.02. The maximum atomic E-state index is 13.1. The lowest BCUT2D eigenvalue weighted by atomic mass is 9.89. The number of likely N-dealkylation sites (tertiary alicyclic amines) is 1. The number of rotatable bonds is 7. The molecule has 0 spiro atoms. The van der Waals surface area contributed by atoms with E-state index in [9.17, 15) is 20.0 Å². The number of aliphatic hydroxyl groups is 1. The Morgan fingerprint density at radius 2 is 1.97 bits per heavy atom. The van der Waals surface area contributed by atoms with Gasteiger partial charge in [0.05, 0.1) is 38.8 Å². The fraction of sp³-hybridized carbons (Fsp3) is 0.591. The van der Waals surface area contributed by atoms with Gasteiger partial charge in [-0.1, -0.05) is 0 Å². The molecule has 1 fully saturated rings. The molecule has 168 valence electrons. The highest BCUT2D eigenvalue weighted by Crippen LogP contribution is 2.39. The van der Waals surface area contributed by atoms with E-state index in [1.807, 2.05) is 12.1 Å². The Balaban J connectivity index is 1.78. The van der Waals surface area contributed by atoms with E-state index in [-0.39, 0.29) is 30.9 Å². The molecule has 0 radical (unpaired) electrons. The monoisotopic (exact) mass is 430 g/mol. The van der Waals surface area contributed by atoms with Gasteiger partial charge < -0.3 is 30.1 Å². The Labute approximate surface area is 182 Å². The predicted octanol–water partition coefficient (Wildman–Crippen LogP) is 0.744. The normalized spacial score (nSPS) is 21.3. The molecular weight excluding hydrogens is 400 g/mol. The largest absolute Gasteiger partial charge is 0.493 e. The number of carbonyl (C=O) groups excluding carboxylic acids is 2. The van der Waals surface area contributed by atoms with Gasteiger partial charge >= 0.3 is 0 Å². The summed E-state index contributed by atoms with van der Waals surface area (Å²) >= 11 is 0. The number of fused-ring (bicyclic) bond motifs is 1. The lowest BCUT2D eigenvalue weighted by Gasteiger charge is -2.38. The molecule has 2 aliphatic rings. The summed E-state index contributed by atoms with van der Waals surface area (Å²) in [6.45, 7) is 0.854. The summed E-state index contributed by atoms with van der Waals surface area (Å²) in [5, 5.41) is 18.8. The fourth-order valence-electron chi connectivity index (χ4n) is 4.53. The first-order valence-electron chi connectivity index (χ1n) is 10.6. The summed E-state index contributed by atoms with van der Waals surface area (Å²) in [5.74, 6) is 0.573. The van der Waals surface area contributed by atoms with Crippen molar-refractivity contribution >= 4 is 11.8 Å². The molecule has 9 nitrogen and oxygen atoms in total. The number of nitrogens with zero attached hydrogens (tertiary/aromatic N) is 3. The molecule has 1 aromatic rings. The number of nitriles is 1. The lowest BCUT2D eigenvalue weighted by Crippen LogP contribution is -2.49. The highest BCUT2D eigenvalue weighted by atomic mass is 16.5. The van der Waals surface area contributed by atoms with Gasteiger partial charge in [0.15, 0.2) is 11.5 Å². The smallest absolute Gasteiger partial charge is 0.241 e.